The number of rotatable bonds is 8. The molecule has 4 rings (SSSR count). The molecule has 3 aromatic rings. The van der Waals surface area contributed by atoms with Crippen LogP contribution in [-0.4, -0.2) is 47.9 Å². The van der Waals surface area contributed by atoms with Gasteiger partial charge in [0.2, 0.25) is 5.75 Å². The number of hydrogen-bond acceptors (Lipinski definition) is 6. The first-order valence-corrected chi connectivity index (χ1v) is 11.5. The molecule has 1 aromatic heterocycles. The minimum Gasteiger partial charge on any atom is -0.502 e. The Bertz CT molecular complexity index is 1190. The van der Waals surface area contributed by atoms with Crippen molar-refractivity contribution in [3.05, 3.63) is 93.2 Å². The van der Waals surface area contributed by atoms with Crippen molar-refractivity contribution in [1.82, 2.24) is 20.6 Å². The molecule has 7 heteroatoms. The summed E-state index contributed by atoms with van der Waals surface area (Å²) in [6.07, 6.45) is 2.88. The molecule has 0 amide bonds. The van der Waals surface area contributed by atoms with Crippen LogP contribution in [0.2, 0.25) is 0 Å². The maximum Gasteiger partial charge on any atom is 0.293 e. The van der Waals surface area contributed by atoms with Crippen LogP contribution >= 0.6 is 0 Å². The maximum atomic E-state index is 11.7. The van der Waals surface area contributed by atoms with Gasteiger partial charge in [0.05, 0.1) is 18.6 Å². The molecule has 0 unspecified atom stereocenters. The highest BCUT2D eigenvalue weighted by molar-refractivity contribution is 5.44. The van der Waals surface area contributed by atoms with Gasteiger partial charge in [-0.3, -0.25) is 4.79 Å². The number of H-pyrrole nitrogens is 1. The Morgan fingerprint density at radius 1 is 1.15 bits per heavy atom. The SMILES string of the molecule is COC[C@@H](Cc1nc[nH]c(=O)c1O)c1ccc(C#Cc2ccc(CN[C@@H]3CCNC3)cc2)cc1. The van der Waals surface area contributed by atoms with Crippen LogP contribution < -0.4 is 16.2 Å². The minimum absolute atomic E-state index is 0.0478. The van der Waals surface area contributed by atoms with E-state index in [4.69, 9.17) is 4.74 Å². The van der Waals surface area contributed by atoms with Gasteiger partial charge >= 0.3 is 0 Å². The van der Waals surface area contributed by atoms with Crippen molar-refractivity contribution >= 4 is 0 Å². The van der Waals surface area contributed by atoms with Gasteiger partial charge in [0.25, 0.3) is 5.56 Å². The van der Waals surface area contributed by atoms with Crippen molar-refractivity contribution in [1.29, 1.82) is 0 Å². The van der Waals surface area contributed by atoms with E-state index in [1.54, 1.807) is 7.11 Å². The summed E-state index contributed by atoms with van der Waals surface area (Å²) in [4.78, 5) is 18.1. The highest BCUT2D eigenvalue weighted by atomic mass is 16.5. The number of benzene rings is 2. The summed E-state index contributed by atoms with van der Waals surface area (Å²) in [5.74, 6) is 6.05. The summed E-state index contributed by atoms with van der Waals surface area (Å²) >= 11 is 0. The molecule has 0 bridgehead atoms. The van der Waals surface area contributed by atoms with E-state index in [1.165, 1.54) is 18.3 Å². The third kappa shape index (κ3) is 6.33. The summed E-state index contributed by atoms with van der Waals surface area (Å²) in [6.45, 7) is 3.45. The molecule has 4 N–H and O–H groups in total. The Morgan fingerprint density at radius 2 is 1.85 bits per heavy atom. The van der Waals surface area contributed by atoms with E-state index in [0.717, 1.165) is 36.3 Å². The zero-order valence-corrected chi connectivity index (χ0v) is 19.3. The number of methoxy groups -OCH3 is 1. The molecule has 1 aliphatic heterocycles. The Kier molecular flexibility index (Phi) is 8.10. The molecular weight excluding hydrogens is 428 g/mol. The summed E-state index contributed by atoms with van der Waals surface area (Å²) in [5, 5.41) is 17.0. The van der Waals surface area contributed by atoms with Crippen LogP contribution in [0.25, 0.3) is 0 Å². The lowest BCUT2D eigenvalue weighted by Crippen LogP contribution is -2.30. The second-order valence-corrected chi connectivity index (χ2v) is 8.52. The van der Waals surface area contributed by atoms with Gasteiger partial charge in [-0.25, -0.2) is 4.98 Å². The second-order valence-electron chi connectivity index (χ2n) is 8.52. The van der Waals surface area contributed by atoms with E-state index in [0.29, 0.717) is 24.8 Å². The van der Waals surface area contributed by atoms with E-state index < -0.39 is 5.56 Å². The van der Waals surface area contributed by atoms with Gasteiger partial charge in [-0.05, 0) is 48.4 Å². The number of aromatic hydroxyl groups is 1. The quantitative estimate of drug-likeness (QED) is 0.387. The van der Waals surface area contributed by atoms with Crippen molar-refractivity contribution in [3.63, 3.8) is 0 Å². The van der Waals surface area contributed by atoms with Crippen molar-refractivity contribution in [2.45, 2.75) is 31.3 Å². The largest absolute Gasteiger partial charge is 0.502 e. The van der Waals surface area contributed by atoms with Crippen molar-refractivity contribution in [2.24, 2.45) is 0 Å². The monoisotopic (exact) mass is 458 g/mol. The first-order chi connectivity index (χ1) is 16.6. The van der Waals surface area contributed by atoms with E-state index in [2.05, 4.69) is 56.7 Å². The lowest BCUT2D eigenvalue weighted by molar-refractivity contribution is 0.178. The molecule has 34 heavy (non-hydrogen) atoms. The van der Waals surface area contributed by atoms with Crippen LogP contribution in [0.15, 0.2) is 59.7 Å². The van der Waals surface area contributed by atoms with Crippen molar-refractivity contribution < 1.29 is 9.84 Å². The molecule has 0 saturated carbocycles. The Hall–Kier alpha value is -3.44. The smallest absolute Gasteiger partial charge is 0.293 e. The first-order valence-electron chi connectivity index (χ1n) is 11.5. The Balaban J connectivity index is 1.39. The topological polar surface area (TPSA) is 99.3 Å². The minimum atomic E-state index is -0.540. The van der Waals surface area contributed by atoms with Crippen LogP contribution in [0, 0.1) is 11.8 Å². The summed E-state index contributed by atoms with van der Waals surface area (Å²) in [5.41, 5.74) is 3.99. The zero-order valence-electron chi connectivity index (χ0n) is 19.3. The second kappa shape index (κ2) is 11.6. The van der Waals surface area contributed by atoms with Crippen molar-refractivity contribution in [3.8, 4) is 17.6 Å². The van der Waals surface area contributed by atoms with E-state index in [-0.39, 0.29) is 11.7 Å². The van der Waals surface area contributed by atoms with Gasteiger partial charge in [0.15, 0.2) is 0 Å². The average molecular weight is 459 g/mol. The summed E-state index contributed by atoms with van der Waals surface area (Å²) in [6, 6.07) is 16.9. The normalized spacial score (nSPS) is 16.1. The molecule has 0 spiro atoms. The molecule has 1 fully saturated rings. The summed E-state index contributed by atoms with van der Waals surface area (Å²) < 4.78 is 5.36. The highest BCUT2D eigenvalue weighted by Crippen LogP contribution is 2.23. The third-order valence-electron chi connectivity index (χ3n) is 6.05. The molecule has 2 aromatic carbocycles. The van der Waals surface area contributed by atoms with Crippen LogP contribution in [0.1, 0.15) is 40.3 Å². The fourth-order valence-electron chi connectivity index (χ4n) is 4.07. The zero-order chi connectivity index (χ0) is 23.8. The lowest BCUT2D eigenvalue weighted by Gasteiger charge is -2.16. The molecule has 0 aliphatic carbocycles. The van der Waals surface area contributed by atoms with E-state index in [1.807, 2.05) is 24.3 Å². The van der Waals surface area contributed by atoms with Gasteiger partial charge in [0.1, 0.15) is 0 Å². The predicted octanol–water partition coefficient (Wildman–Crippen LogP) is 2.30. The molecule has 2 heterocycles. The van der Waals surface area contributed by atoms with Gasteiger partial charge in [0, 0.05) is 49.7 Å². The molecule has 1 saturated heterocycles. The van der Waals surface area contributed by atoms with E-state index in [9.17, 15) is 9.90 Å². The fraction of sp³-hybridized carbons (Fsp3) is 0.333. The van der Waals surface area contributed by atoms with Crippen molar-refractivity contribution in [2.75, 3.05) is 26.8 Å². The maximum absolute atomic E-state index is 11.7. The highest BCUT2D eigenvalue weighted by Gasteiger charge is 2.17. The van der Waals surface area contributed by atoms with Gasteiger partial charge < -0.3 is 25.5 Å². The van der Waals surface area contributed by atoms with Crippen LogP contribution in [-0.2, 0) is 17.7 Å². The van der Waals surface area contributed by atoms with Gasteiger partial charge in [-0.1, -0.05) is 36.1 Å². The van der Waals surface area contributed by atoms with Gasteiger partial charge in [-0.2, -0.15) is 0 Å². The van der Waals surface area contributed by atoms with E-state index >= 15 is 0 Å². The molecular formula is C27H30N4O3. The predicted molar refractivity (Wildman–Crippen MR) is 132 cm³/mol. The number of nitrogens with zero attached hydrogens (tertiary/aromatic N) is 1. The average Bonchev–Trinajstić information content (AvgIpc) is 3.39. The fourth-order valence-corrected chi connectivity index (χ4v) is 4.07. The molecule has 2 atom stereocenters. The third-order valence-corrected chi connectivity index (χ3v) is 6.05. The molecule has 0 radical (unpaired) electrons. The molecule has 7 nitrogen and oxygen atoms in total. The van der Waals surface area contributed by atoms with Gasteiger partial charge in [-0.15, -0.1) is 0 Å². The standard InChI is InChI=1S/C27H30N4O3/c1-34-17-23(14-25-26(32)27(33)31-18-30-25)22-10-8-20(9-11-22)3-2-19-4-6-21(7-5-19)15-29-24-12-13-28-16-24/h4-11,18,23-24,28-29,32H,12-17H2,1H3,(H,30,31,33)/t23-,24-/m1/s1. The first kappa shape index (κ1) is 23.7. The number of aromatic amines is 1. The number of nitrogens with one attached hydrogen (secondary N) is 3. The number of aromatic nitrogens is 2. The number of hydrogen-bond donors (Lipinski definition) is 4. The van der Waals surface area contributed by atoms with Crippen LogP contribution in [0.4, 0.5) is 0 Å². The lowest BCUT2D eigenvalue weighted by atomic mass is 9.93. The molecule has 176 valence electrons. The Labute approximate surface area is 199 Å². The van der Waals surface area contributed by atoms with Crippen LogP contribution in [0.5, 0.6) is 5.75 Å². The van der Waals surface area contributed by atoms with Crippen LogP contribution in [0.3, 0.4) is 0 Å². The Morgan fingerprint density at radius 3 is 2.50 bits per heavy atom. The number of ether oxygens (including phenoxy) is 1. The molecule has 1 aliphatic rings. The summed E-state index contributed by atoms with van der Waals surface area (Å²) in [7, 11) is 1.63.